The Bertz CT molecular complexity index is 446. The summed E-state index contributed by atoms with van der Waals surface area (Å²) in [6.45, 7) is 4.21. The number of piperazine rings is 1. The van der Waals surface area contributed by atoms with Crippen LogP contribution in [0.5, 0.6) is 0 Å². The second-order valence-corrected chi connectivity index (χ2v) is 4.52. The van der Waals surface area contributed by atoms with E-state index in [4.69, 9.17) is 0 Å². The zero-order chi connectivity index (χ0) is 13.8. The van der Waals surface area contributed by atoms with Crippen LogP contribution in [0, 0.1) is 0 Å². The van der Waals surface area contributed by atoms with Crippen molar-refractivity contribution in [3.8, 4) is 0 Å². The molecule has 1 aromatic rings. The van der Waals surface area contributed by atoms with Crippen LogP contribution < -0.4 is 5.32 Å². The Hall–Kier alpha value is -1.92. The SMILES string of the molecule is CCC1NC(=O)C(CC)N(CCc2ncon2)C1=O. The van der Waals surface area contributed by atoms with Gasteiger partial charge in [-0.05, 0) is 12.8 Å². The summed E-state index contributed by atoms with van der Waals surface area (Å²) in [6, 6.07) is -0.817. The topological polar surface area (TPSA) is 88.3 Å². The quantitative estimate of drug-likeness (QED) is 0.818. The highest BCUT2D eigenvalue weighted by molar-refractivity contribution is 5.96. The van der Waals surface area contributed by atoms with Crippen LogP contribution in [-0.2, 0) is 16.0 Å². The minimum absolute atomic E-state index is 0.0301. The Morgan fingerprint density at radius 1 is 1.37 bits per heavy atom. The first kappa shape index (κ1) is 13.5. The molecule has 0 radical (unpaired) electrons. The Kier molecular flexibility index (Phi) is 4.13. The molecule has 0 saturated carbocycles. The third kappa shape index (κ3) is 2.74. The van der Waals surface area contributed by atoms with Gasteiger partial charge in [0.2, 0.25) is 18.2 Å². The number of rotatable bonds is 5. The number of nitrogens with one attached hydrogen (secondary N) is 1. The first-order chi connectivity index (χ1) is 9.17. The number of hydrogen-bond donors (Lipinski definition) is 1. The van der Waals surface area contributed by atoms with Crippen LogP contribution in [0.3, 0.4) is 0 Å². The smallest absolute Gasteiger partial charge is 0.245 e. The highest BCUT2D eigenvalue weighted by Crippen LogP contribution is 2.15. The normalized spacial score (nSPS) is 23.6. The van der Waals surface area contributed by atoms with Crippen LogP contribution >= 0.6 is 0 Å². The minimum atomic E-state index is -0.416. The summed E-state index contributed by atoms with van der Waals surface area (Å²) in [7, 11) is 0. The van der Waals surface area contributed by atoms with E-state index in [2.05, 4.69) is 20.0 Å². The molecule has 2 heterocycles. The number of amides is 2. The number of nitrogens with zero attached hydrogens (tertiary/aromatic N) is 3. The van der Waals surface area contributed by atoms with Gasteiger partial charge < -0.3 is 14.7 Å². The van der Waals surface area contributed by atoms with Crippen molar-refractivity contribution < 1.29 is 14.1 Å². The molecular weight excluding hydrogens is 248 g/mol. The Morgan fingerprint density at radius 3 is 2.74 bits per heavy atom. The number of hydrogen-bond acceptors (Lipinski definition) is 5. The third-order valence-electron chi connectivity index (χ3n) is 3.35. The van der Waals surface area contributed by atoms with E-state index in [0.29, 0.717) is 31.6 Å². The maximum atomic E-state index is 12.3. The zero-order valence-corrected chi connectivity index (χ0v) is 11.1. The van der Waals surface area contributed by atoms with Gasteiger partial charge in [-0.2, -0.15) is 4.98 Å². The molecule has 0 bridgehead atoms. The van der Waals surface area contributed by atoms with E-state index < -0.39 is 12.1 Å². The molecule has 1 aromatic heterocycles. The third-order valence-corrected chi connectivity index (χ3v) is 3.35. The lowest BCUT2D eigenvalue weighted by molar-refractivity contribution is -0.149. The fourth-order valence-corrected chi connectivity index (χ4v) is 2.30. The Labute approximate surface area is 111 Å². The molecular formula is C12H18N4O3. The molecule has 2 atom stereocenters. The second-order valence-electron chi connectivity index (χ2n) is 4.52. The van der Waals surface area contributed by atoms with Gasteiger partial charge in [-0.1, -0.05) is 19.0 Å². The predicted octanol–water partition coefficient (Wildman–Crippen LogP) is 0.128. The first-order valence-electron chi connectivity index (χ1n) is 6.53. The molecule has 7 nitrogen and oxygen atoms in total. The van der Waals surface area contributed by atoms with Gasteiger partial charge in [0, 0.05) is 13.0 Å². The molecule has 2 amide bonds. The van der Waals surface area contributed by atoms with Crippen LogP contribution in [-0.4, -0.2) is 45.5 Å². The maximum Gasteiger partial charge on any atom is 0.245 e. The molecule has 19 heavy (non-hydrogen) atoms. The van der Waals surface area contributed by atoms with Crippen LogP contribution in [0.1, 0.15) is 32.5 Å². The van der Waals surface area contributed by atoms with Gasteiger partial charge >= 0.3 is 0 Å². The summed E-state index contributed by atoms with van der Waals surface area (Å²) in [5, 5.41) is 6.47. The summed E-state index contributed by atoms with van der Waals surface area (Å²) < 4.78 is 4.65. The molecule has 1 saturated heterocycles. The molecule has 0 aromatic carbocycles. The van der Waals surface area contributed by atoms with Gasteiger partial charge in [0.15, 0.2) is 5.82 Å². The van der Waals surface area contributed by atoms with Crippen molar-refractivity contribution in [1.29, 1.82) is 0 Å². The highest BCUT2D eigenvalue weighted by Gasteiger charge is 2.38. The summed E-state index contributed by atoms with van der Waals surface area (Å²) in [5.74, 6) is 0.432. The second kappa shape index (κ2) is 5.81. The molecule has 1 fully saturated rings. The fraction of sp³-hybridized carbons (Fsp3) is 0.667. The van der Waals surface area contributed by atoms with Crippen molar-refractivity contribution in [2.24, 2.45) is 0 Å². The highest BCUT2D eigenvalue weighted by atomic mass is 16.5. The van der Waals surface area contributed by atoms with E-state index in [-0.39, 0.29) is 11.8 Å². The van der Waals surface area contributed by atoms with Crippen LogP contribution in [0.2, 0.25) is 0 Å². The van der Waals surface area contributed by atoms with E-state index in [1.54, 1.807) is 4.90 Å². The van der Waals surface area contributed by atoms with Crippen molar-refractivity contribution in [2.45, 2.75) is 45.2 Å². The summed E-state index contributed by atoms with van der Waals surface area (Å²) >= 11 is 0. The number of aromatic nitrogens is 2. The van der Waals surface area contributed by atoms with E-state index in [9.17, 15) is 9.59 Å². The largest absolute Gasteiger partial charge is 0.343 e. The van der Waals surface area contributed by atoms with Gasteiger partial charge in [0.05, 0.1) is 0 Å². The molecule has 0 spiro atoms. The molecule has 104 valence electrons. The monoisotopic (exact) mass is 266 g/mol. The number of carbonyl (C=O) groups excluding carboxylic acids is 2. The average molecular weight is 266 g/mol. The molecule has 2 unspecified atom stereocenters. The Morgan fingerprint density at radius 2 is 2.16 bits per heavy atom. The van der Waals surface area contributed by atoms with Gasteiger partial charge in [-0.15, -0.1) is 0 Å². The van der Waals surface area contributed by atoms with E-state index >= 15 is 0 Å². The van der Waals surface area contributed by atoms with Crippen LogP contribution in [0.15, 0.2) is 10.9 Å². The predicted molar refractivity (Wildman–Crippen MR) is 66.0 cm³/mol. The molecule has 1 N–H and O–H groups in total. The van der Waals surface area contributed by atoms with Gasteiger partial charge in [0.1, 0.15) is 12.1 Å². The van der Waals surface area contributed by atoms with E-state index in [1.807, 2.05) is 13.8 Å². The average Bonchev–Trinajstić information content (AvgIpc) is 2.92. The van der Waals surface area contributed by atoms with Crippen LogP contribution in [0.25, 0.3) is 0 Å². The summed E-state index contributed by atoms with van der Waals surface area (Å²) in [4.78, 5) is 29.8. The lowest BCUT2D eigenvalue weighted by Gasteiger charge is -2.38. The number of carbonyl (C=O) groups is 2. The molecule has 7 heteroatoms. The van der Waals surface area contributed by atoms with E-state index in [1.165, 1.54) is 6.39 Å². The van der Waals surface area contributed by atoms with Crippen molar-refractivity contribution >= 4 is 11.8 Å². The van der Waals surface area contributed by atoms with Gasteiger partial charge in [-0.25, -0.2) is 0 Å². The van der Waals surface area contributed by atoms with Crippen molar-refractivity contribution in [3.63, 3.8) is 0 Å². The molecule has 1 aliphatic heterocycles. The first-order valence-corrected chi connectivity index (χ1v) is 6.53. The lowest BCUT2D eigenvalue weighted by Crippen LogP contribution is -2.63. The minimum Gasteiger partial charge on any atom is -0.343 e. The lowest BCUT2D eigenvalue weighted by atomic mass is 10.0. The zero-order valence-electron chi connectivity index (χ0n) is 11.1. The van der Waals surface area contributed by atoms with Crippen molar-refractivity contribution in [2.75, 3.05) is 6.54 Å². The van der Waals surface area contributed by atoms with Crippen molar-refractivity contribution in [1.82, 2.24) is 20.4 Å². The summed E-state index contributed by atoms with van der Waals surface area (Å²) in [6.07, 6.45) is 2.94. The molecule has 2 rings (SSSR count). The van der Waals surface area contributed by atoms with E-state index in [0.717, 1.165) is 0 Å². The fourth-order valence-electron chi connectivity index (χ4n) is 2.30. The Balaban J connectivity index is 2.08. The maximum absolute atomic E-state index is 12.3. The molecule has 1 aliphatic rings. The summed E-state index contributed by atoms with van der Waals surface area (Å²) in [5.41, 5.74) is 0. The van der Waals surface area contributed by atoms with Gasteiger partial charge in [-0.3, -0.25) is 9.59 Å². The standard InChI is InChI=1S/C12H18N4O3/c1-3-8-12(18)16(9(4-2)11(17)14-8)6-5-10-13-7-19-15-10/h7-9H,3-6H2,1-2H3,(H,14,17). The van der Waals surface area contributed by atoms with Crippen molar-refractivity contribution in [3.05, 3.63) is 12.2 Å². The molecule has 0 aliphatic carbocycles. The van der Waals surface area contributed by atoms with Crippen LogP contribution in [0.4, 0.5) is 0 Å². The van der Waals surface area contributed by atoms with Gasteiger partial charge in [0.25, 0.3) is 0 Å².